The van der Waals surface area contributed by atoms with E-state index in [4.69, 9.17) is 4.74 Å². The largest absolute Gasteiger partial charge is 0.450 e. The van der Waals surface area contributed by atoms with Gasteiger partial charge in [0.1, 0.15) is 12.4 Å². The first-order valence-corrected chi connectivity index (χ1v) is 9.03. The van der Waals surface area contributed by atoms with E-state index in [2.05, 4.69) is 15.6 Å². The molecule has 1 aromatic carbocycles. The summed E-state index contributed by atoms with van der Waals surface area (Å²) < 4.78 is 17.9. The summed E-state index contributed by atoms with van der Waals surface area (Å²) in [4.78, 5) is 31.9. The molecular weight excluding hydrogens is 353 g/mol. The molecule has 0 radical (unpaired) electrons. The SMILES string of the molecule is CCNC(=NCC(=O)Nc1ccc(F)cc1)N1CCN(C(=O)OCC)CC1. The van der Waals surface area contributed by atoms with Crippen molar-refractivity contribution in [3.05, 3.63) is 30.1 Å². The van der Waals surface area contributed by atoms with E-state index in [1.54, 1.807) is 11.8 Å². The maximum atomic E-state index is 12.9. The van der Waals surface area contributed by atoms with Gasteiger partial charge in [0.05, 0.1) is 6.61 Å². The van der Waals surface area contributed by atoms with Gasteiger partial charge in [-0.05, 0) is 38.1 Å². The van der Waals surface area contributed by atoms with Crippen LogP contribution in [0.15, 0.2) is 29.3 Å². The van der Waals surface area contributed by atoms with Gasteiger partial charge in [0.2, 0.25) is 5.91 Å². The van der Waals surface area contributed by atoms with Gasteiger partial charge in [0, 0.05) is 38.4 Å². The van der Waals surface area contributed by atoms with Crippen LogP contribution in [0.25, 0.3) is 0 Å². The van der Waals surface area contributed by atoms with Crippen LogP contribution in [0.1, 0.15) is 13.8 Å². The number of nitrogens with one attached hydrogen (secondary N) is 2. The zero-order chi connectivity index (χ0) is 19.6. The molecule has 2 N–H and O–H groups in total. The number of piperazine rings is 1. The number of amides is 2. The predicted molar refractivity (Wildman–Crippen MR) is 101 cm³/mol. The second-order valence-corrected chi connectivity index (χ2v) is 5.90. The summed E-state index contributed by atoms with van der Waals surface area (Å²) in [5, 5.41) is 5.84. The van der Waals surface area contributed by atoms with Crippen molar-refractivity contribution in [3.63, 3.8) is 0 Å². The van der Waals surface area contributed by atoms with Crippen molar-refractivity contribution in [3.8, 4) is 0 Å². The molecule has 1 aromatic rings. The van der Waals surface area contributed by atoms with Crippen molar-refractivity contribution in [2.75, 3.05) is 51.2 Å². The molecule has 0 atom stereocenters. The van der Waals surface area contributed by atoms with Gasteiger partial charge >= 0.3 is 6.09 Å². The third-order valence-corrected chi connectivity index (χ3v) is 3.94. The topological polar surface area (TPSA) is 86.3 Å². The molecule has 1 saturated heterocycles. The Morgan fingerprint density at radius 1 is 1.11 bits per heavy atom. The summed E-state index contributed by atoms with van der Waals surface area (Å²) in [5.74, 6) is -0.0279. The van der Waals surface area contributed by atoms with E-state index in [-0.39, 0.29) is 24.4 Å². The molecule has 0 saturated carbocycles. The number of nitrogens with zero attached hydrogens (tertiary/aromatic N) is 3. The number of hydrogen-bond donors (Lipinski definition) is 2. The van der Waals surface area contributed by atoms with Crippen LogP contribution in [-0.2, 0) is 9.53 Å². The summed E-state index contributed by atoms with van der Waals surface area (Å²) in [6.07, 6.45) is -0.308. The molecule has 0 aliphatic carbocycles. The number of benzene rings is 1. The van der Waals surface area contributed by atoms with E-state index in [0.717, 1.165) is 0 Å². The van der Waals surface area contributed by atoms with Gasteiger partial charge in [-0.15, -0.1) is 0 Å². The van der Waals surface area contributed by atoms with E-state index >= 15 is 0 Å². The highest BCUT2D eigenvalue weighted by Gasteiger charge is 2.23. The van der Waals surface area contributed by atoms with Crippen LogP contribution in [0.5, 0.6) is 0 Å². The molecular formula is C18H26FN5O3. The van der Waals surface area contributed by atoms with Crippen LogP contribution in [0.4, 0.5) is 14.9 Å². The molecule has 9 heteroatoms. The van der Waals surface area contributed by atoms with Crippen LogP contribution in [0, 0.1) is 5.82 Å². The van der Waals surface area contributed by atoms with Crippen molar-refractivity contribution in [1.29, 1.82) is 0 Å². The first-order chi connectivity index (χ1) is 13.0. The van der Waals surface area contributed by atoms with E-state index in [1.165, 1.54) is 24.3 Å². The Hall–Kier alpha value is -2.84. The number of halogens is 1. The molecule has 8 nitrogen and oxygen atoms in total. The van der Waals surface area contributed by atoms with Crippen molar-refractivity contribution in [2.45, 2.75) is 13.8 Å². The number of carbonyl (C=O) groups is 2. The van der Waals surface area contributed by atoms with Crippen molar-refractivity contribution < 1.29 is 18.7 Å². The van der Waals surface area contributed by atoms with Gasteiger partial charge in [0.25, 0.3) is 0 Å². The summed E-state index contributed by atoms with van der Waals surface area (Å²) in [6.45, 7) is 6.95. The predicted octanol–water partition coefficient (Wildman–Crippen LogP) is 1.50. The molecule has 1 aliphatic rings. The smallest absolute Gasteiger partial charge is 0.409 e. The van der Waals surface area contributed by atoms with Gasteiger partial charge in [-0.3, -0.25) is 4.79 Å². The molecule has 2 rings (SSSR count). The first kappa shape index (κ1) is 20.5. The van der Waals surface area contributed by atoms with Crippen LogP contribution in [0.2, 0.25) is 0 Å². The number of guanidine groups is 1. The second kappa shape index (κ2) is 10.3. The Balaban J connectivity index is 1.89. The number of ether oxygens (including phenoxy) is 1. The molecule has 0 spiro atoms. The first-order valence-electron chi connectivity index (χ1n) is 9.03. The van der Waals surface area contributed by atoms with Crippen LogP contribution >= 0.6 is 0 Å². The Morgan fingerprint density at radius 2 is 1.74 bits per heavy atom. The van der Waals surface area contributed by atoms with Crippen LogP contribution < -0.4 is 10.6 Å². The van der Waals surface area contributed by atoms with E-state index in [1.807, 2.05) is 11.8 Å². The molecule has 0 unspecified atom stereocenters. The Kier molecular flexibility index (Phi) is 7.84. The van der Waals surface area contributed by atoms with Crippen molar-refractivity contribution in [1.82, 2.24) is 15.1 Å². The lowest BCUT2D eigenvalue weighted by molar-refractivity contribution is -0.114. The Morgan fingerprint density at radius 3 is 2.33 bits per heavy atom. The maximum Gasteiger partial charge on any atom is 0.409 e. The molecule has 148 valence electrons. The van der Waals surface area contributed by atoms with Crippen molar-refractivity contribution in [2.24, 2.45) is 4.99 Å². The number of carbonyl (C=O) groups excluding carboxylic acids is 2. The van der Waals surface area contributed by atoms with Gasteiger partial charge in [0.15, 0.2) is 5.96 Å². The van der Waals surface area contributed by atoms with Crippen molar-refractivity contribution >= 4 is 23.6 Å². The quantitative estimate of drug-likeness (QED) is 0.598. The minimum atomic E-state index is -0.359. The molecule has 27 heavy (non-hydrogen) atoms. The van der Waals surface area contributed by atoms with Gasteiger partial charge in [-0.25, -0.2) is 14.2 Å². The highest BCUT2D eigenvalue weighted by Crippen LogP contribution is 2.08. The molecule has 1 aliphatic heterocycles. The zero-order valence-corrected chi connectivity index (χ0v) is 15.7. The Bertz CT molecular complexity index is 657. The van der Waals surface area contributed by atoms with Gasteiger partial charge < -0.3 is 25.2 Å². The molecule has 0 bridgehead atoms. The molecule has 0 aromatic heterocycles. The fraction of sp³-hybridized carbons (Fsp3) is 0.500. The third kappa shape index (κ3) is 6.43. The minimum absolute atomic E-state index is 0.0577. The summed E-state index contributed by atoms with van der Waals surface area (Å²) in [5.41, 5.74) is 0.518. The highest BCUT2D eigenvalue weighted by molar-refractivity contribution is 5.94. The Labute approximate surface area is 158 Å². The van der Waals surface area contributed by atoms with E-state index in [0.29, 0.717) is 51.0 Å². The molecule has 1 heterocycles. The number of anilines is 1. The monoisotopic (exact) mass is 379 g/mol. The number of hydrogen-bond acceptors (Lipinski definition) is 4. The van der Waals surface area contributed by atoms with Gasteiger partial charge in [-0.2, -0.15) is 0 Å². The van der Waals surface area contributed by atoms with Gasteiger partial charge in [-0.1, -0.05) is 0 Å². The summed E-state index contributed by atoms with van der Waals surface area (Å²) in [6, 6.07) is 5.56. The van der Waals surface area contributed by atoms with E-state index < -0.39 is 0 Å². The highest BCUT2D eigenvalue weighted by atomic mass is 19.1. The maximum absolute atomic E-state index is 12.9. The minimum Gasteiger partial charge on any atom is -0.450 e. The van der Waals surface area contributed by atoms with E-state index in [9.17, 15) is 14.0 Å². The number of aliphatic imine (C=N–C) groups is 1. The lowest BCUT2D eigenvalue weighted by Crippen LogP contribution is -2.54. The zero-order valence-electron chi connectivity index (χ0n) is 15.7. The molecule has 2 amide bonds. The summed E-state index contributed by atoms with van der Waals surface area (Å²) >= 11 is 0. The average molecular weight is 379 g/mol. The second-order valence-electron chi connectivity index (χ2n) is 5.90. The van der Waals surface area contributed by atoms with Crippen LogP contribution in [-0.4, -0.2) is 73.6 Å². The molecule has 1 fully saturated rings. The fourth-order valence-electron chi connectivity index (χ4n) is 2.62. The third-order valence-electron chi connectivity index (χ3n) is 3.94. The fourth-order valence-corrected chi connectivity index (χ4v) is 2.62. The lowest BCUT2D eigenvalue weighted by Gasteiger charge is -2.35. The lowest BCUT2D eigenvalue weighted by atomic mass is 10.3. The standard InChI is InChI=1S/C18H26FN5O3/c1-3-20-17(23-9-11-24(12-10-23)18(26)27-4-2)21-13-16(25)22-15-7-5-14(19)6-8-15/h5-8H,3-4,9-13H2,1-2H3,(H,20,21)(H,22,25). The van der Waals surface area contributed by atoms with Crippen LogP contribution in [0.3, 0.4) is 0 Å². The average Bonchev–Trinajstić information content (AvgIpc) is 2.67. The summed E-state index contributed by atoms with van der Waals surface area (Å²) in [7, 11) is 0. The number of rotatable bonds is 5. The normalized spacial score (nSPS) is 14.7.